The Hall–Kier alpha value is -5.21. The van der Waals surface area contributed by atoms with Crippen molar-refractivity contribution in [1.82, 2.24) is 19.9 Å². The molecule has 0 fully saturated rings. The topological polar surface area (TPSA) is 57.4 Å². The Kier molecular flexibility index (Phi) is 9.33. The van der Waals surface area contributed by atoms with Crippen LogP contribution in [0.4, 0.5) is 0 Å². The monoisotopic (exact) mass is 770 g/mol. The number of thiophene rings is 2. The second-order valence-corrected chi connectivity index (χ2v) is 18.2. The molecule has 5 heterocycles. The smallest absolute Gasteiger partial charge is 0.148 e. The Balaban J connectivity index is 1.09. The highest BCUT2D eigenvalue weighted by molar-refractivity contribution is 8.00. The van der Waals surface area contributed by atoms with Crippen molar-refractivity contribution in [3.05, 3.63) is 152 Å². The fourth-order valence-corrected chi connectivity index (χ4v) is 10.5. The van der Waals surface area contributed by atoms with Crippen LogP contribution in [-0.4, -0.2) is 31.4 Å². The molecule has 0 radical (unpaired) electrons. The van der Waals surface area contributed by atoms with Crippen molar-refractivity contribution in [3.8, 4) is 66.4 Å². The van der Waals surface area contributed by atoms with Crippen molar-refractivity contribution in [1.29, 1.82) is 0 Å². The molecule has 9 rings (SSSR count). The van der Waals surface area contributed by atoms with E-state index in [4.69, 9.17) is 9.97 Å². The predicted molar refractivity (Wildman–Crippen MR) is 238 cm³/mol. The van der Waals surface area contributed by atoms with Crippen LogP contribution in [0.3, 0.4) is 0 Å². The van der Waals surface area contributed by atoms with Gasteiger partial charge in [0.25, 0.3) is 0 Å². The zero-order valence-corrected chi connectivity index (χ0v) is 34.4. The number of hydrogen-bond acceptors (Lipinski definition) is 5. The van der Waals surface area contributed by atoms with Crippen LogP contribution in [0, 0.1) is 41.5 Å². The molecular formula is C48H42N4S3. The van der Waals surface area contributed by atoms with Crippen molar-refractivity contribution >= 4 is 45.6 Å². The van der Waals surface area contributed by atoms with Gasteiger partial charge in [0.15, 0.2) is 0 Å². The number of nitrogens with one attached hydrogen (secondary N) is 2. The summed E-state index contributed by atoms with van der Waals surface area (Å²) in [6.45, 7) is 13.0. The molecule has 0 atom stereocenters. The highest BCUT2D eigenvalue weighted by atomic mass is 32.2. The lowest BCUT2D eigenvalue weighted by atomic mass is 9.97. The summed E-state index contributed by atoms with van der Waals surface area (Å²) >= 11 is 5.66. The summed E-state index contributed by atoms with van der Waals surface area (Å²) in [5.74, 6) is 3.82. The van der Waals surface area contributed by atoms with E-state index in [1.54, 1.807) is 0 Å². The first-order valence-electron chi connectivity index (χ1n) is 18.7. The summed E-state index contributed by atoms with van der Waals surface area (Å²) in [6, 6.07) is 39.5. The molecule has 4 nitrogen and oxygen atoms in total. The summed E-state index contributed by atoms with van der Waals surface area (Å²) in [4.78, 5) is 23.0. The molecule has 0 spiro atoms. The van der Waals surface area contributed by atoms with Gasteiger partial charge in [0.05, 0.1) is 32.5 Å². The van der Waals surface area contributed by atoms with Crippen molar-refractivity contribution < 1.29 is 0 Å². The maximum Gasteiger partial charge on any atom is 0.148 e. The van der Waals surface area contributed by atoms with E-state index in [1.165, 1.54) is 54.3 Å². The van der Waals surface area contributed by atoms with Gasteiger partial charge >= 0.3 is 0 Å². The van der Waals surface area contributed by atoms with Crippen LogP contribution in [0.1, 0.15) is 43.1 Å². The van der Waals surface area contributed by atoms with Crippen LogP contribution < -0.4 is 0 Å². The molecule has 7 heteroatoms. The molecule has 4 aromatic carbocycles. The fraction of sp³-hybridized carbons (Fsp3) is 0.167. The number of benzene rings is 4. The highest BCUT2D eigenvalue weighted by Gasteiger charge is 2.26. The predicted octanol–water partition coefficient (Wildman–Crippen LogP) is 13.8. The van der Waals surface area contributed by atoms with Crippen molar-refractivity contribution in [2.24, 2.45) is 0 Å². The second kappa shape index (κ2) is 14.5. The van der Waals surface area contributed by atoms with Gasteiger partial charge in [-0.3, -0.25) is 0 Å². The van der Waals surface area contributed by atoms with E-state index in [2.05, 4.69) is 161 Å². The standard InChI is InChI=1S/C48H42N4S3/c1-27-7-15-33(16-8-27)43-44(34-17-9-28(2)10-18-34)50-47(49-43)41-23-37(31(5)54-41)39-25-53-26-40(39)38-24-42(55-32(38)6)48-51-45(35-19-11-29(3)12-20-35)46(52-48)36-21-13-30(4)14-22-36/h7-24H,25-26H2,1-6H3,(H,49,50)(H,51,52). The average Bonchev–Trinajstić information content (AvgIpc) is 4.03. The number of thioether (sulfide) groups is 1. The number of rotatable bonds is 8. The van der Waals surface area contributed by atoms with E-state index in [1.807, 2.05) is 34.4 Å². The minimum atomic E-state index is 0.916. The third-order valence-corrected chi connectivity index (χ3v) is 13.6. The maximum atomic E-state index is 5.27. The Morgan fingerprint density at radius 2 is 0.764 bits per heavy atom. The molecule has 0 aliphatic carbocycles. The number of aromatic amines is 2. The molecule has 0 saturated heterocycles. The van der Waals surface area contributed by atoms with Gasteiger partial charge in [-0.2, -0.15) is 11.8 Å². The van der Waals surface area contributed by atoms with Gasteiger partial charge in [-0.1, -0.05) is 119 Å². The third kappa shape index (κ3) is 6.86. The number of imidazole rings is 2. The summed E-state index contributed by atoms with van der Waals surface area (Å²) in [6.07, 6.45) is 0. The average molecular weight is 771 g/mol. The van der Waals surface area contributed by atoms with E-state index in [0.717, 1.165) is 77.9 Å². The zero-order chi connectivity index (χ0) is 37.8. The van der Waals surface area contributed by atoms with Crippen molar-refractivity contribution in [3.63, 3.8) is 0 Å². The molecule has 55 heavy (non-hydrogen) atoms. The van der Waals surface area contributed by atoms with Crippen LogP contribution in [0.2, 0.25) is 0 Å². The molecule has 0 saturated carbocycles. The van der Waals surface area contributed by atoms with Crippen LogP contribution in [-0.2, 0) is 0 Å². The Morgan fingerprint density at radius 3 is 1.11 bits per heavy atom. The van der Waals surface area contributed by atoms with Crippen LogP contribution in [0.25, 0.3) is 77.6 Å². The molecule has 8 aromatic rings. The molecule has 4 aromatic heterocycles. The van der Waals surface area contributed by atoms with E-state index in [0.29, 0.717) is 0 Å². The molecule has 272 valence electrons. The molecule has 0 bridgehead atoms. The van der Waals surface area contributed by atoms with E-state index < -0.39 is 0 Å². The van der Waals surface area contributed by atoms with E-state index >= 15 is 0 Å². The molecule has 1 aliphatic heterocycles. The zero-order valence-electron chi connectivity index (χ0n) is 31.9. The third-order valence-electron chi connectivity index (χ3n) is 10.5. The van der Waals surface area contributed by atoms with Crippen molar-refractivity contribution in [2.75, 3.05) is 11.5 Å². The van der Waals surface area contributed by atoms with Crippen LogP contribution in [0.5, 0.6) is 0 Å². The normalized spacial score (nSPS) is 13.0. The van der Waals surface area contributed by atoms with Gasteiger partial charge in [0.2, 0.25) is 0 Å². The van der Waals surface area contributed by atoms with Crippen LogP contribution >= 0.6 is 34.4 Å². The summed E-state index contributed by atoms with van der Waals surface area (Å²) in [5.41, 5.74) is 19.1. The van der Waals surface area contributed by atoms with Gasteiger partial charge in [-0.25, -0.2) is 9.97 Å². The Bertz CT molecular complexity index is 2390. The summed E-state index contributed by atoms with van der Waals surface area (Å²) < 4.78 is 0. The number of aromatic nitrogens is 4. The van der Waals surface area contributed by atoms with E-state index in [-0.39, 0.29) is 0 Å². The first-order chi connectivity index (χ1) is 26.7. The first kappa shape index (κ1) is 35.5. The molecule has 2 N–H and O–H groups in total. The van der Waals surface area contributed by atoms with Crippen molar-refractivity contribution in [2.45, 2.75) is 41.5 Å². The number of H-pyrrole nitrogens is 2. The quantitative estimate of drug-likeness (QED) is 0.162. The number of aryl methyl sites for hydroxylation is 6. The van der Waals surface area contributed by atoms with Gasteiger partial charge in [-0.15, -0.1) is 22.7 Å². The lowest BCUT2D eigenvalue weighted by Crippen LogP contribution is -1.90. The number of nitrogens with zero attached hydrogens (tertiary/aromatic N) is 2. The SMILES string of the molecule is Cc1ccc(-c2nc(-c3cc(C4=C(c5cc(-c6nc(-c7ccc(C)cc7)c(-c7ccc(C)cc7)[nH]6)sc5C)CSC4)c(C)s3)[nH]c2-c2ccc(C)cc2)cc1. The largest absolute Gasteiger partial charge is 0.337 e. The lowest BCUT2D eigenvalue weighted by Gasteiger charge is -2.06. The second-order valence-electron chi connectivity index (χ2n) is 14.7. The van der Waals surface area contributed by atoms with E-state index in [9.17, 15) is 0 Å². The Labute approximate surface area is 335 Å². The minimum absolute atomic E-state index is 0.916. The summed E-state index contributed by atoms with van der Waals surface area (Å²) in [7, 11) is 0. The maximum absolute atomic E-state index is 5.27. The van der Waals surface area contributed by atoms with Gasteiger partial charge in [-0.05, 0) is 75.9 Å². The minimum Gasteiger partial charge on any atom is -0.337 e. The molecule has 1 aliphatic rings. The fourth-order valence-electron chi connectivity index (χ4n) is 7.39. The number of hydrogen-bond donors (Lipinski definition) is 2. The van der Waals surface area contributed by atoms with Gasteiger partial charge in [0.1, 0.15) is 11.6 Å². The molecule has 0 unspecified atom stereocenters. The summed E-state index contributed by atoms with van der Waals surface area (Å²) in [5, 5.41) is 0. The van der Waals surface area contributed by atoms with Gasteiger partial charge < -0.3 is 9.97 Å². The lowest BCUT2D eigenvalue weighted by molar-refractivity contribution is 1.32. The molecular weight excluding hydrogens is 729 g/mol. The van der Waals surface area contributed by atoms with Crippen LogP contribution in [0.15, 0.2) is 109 Å². The highest BCUT2D eigenvalue weighted by Crippen LogP contribution is 2.47. The first-order valence-corrected chi connectivity index (χ1v) is 21.5. The van der Waals surface area contributed by atoms with Gasteiger partial charge in [0, 0.05) is 43.5 Å². The molecule has 0 amide bonds. The Morgan fingerprint density at radius 1 is 0.436 bits per heavy atom.